The van der Waals surface area contributed by atoms with E-state index in [1.807, 2.05) is 25.1 Å². The van der Waals surface area contributed by atoms with Crippen molar-refractivity contribution in [3.05, 3.63) is 40.2 Å². The Morgan fingerprint density at radius 2 is 2.33 bits per heavy atom. The van der Waals surface area contributed by atoms with Crippen LogP contribution in [0.4, 0.5) is 0 Å². The maximum Gasteiger partial charge on any atom is 0.129 e. The van der Waals surface area contributed by atoms with Crippen LogP contribution in [0.1, 0.15) is 12.6 Å². The van der Waals surface area contributed by atoms with Gasteiger partial charge in [-0.25, -0.2) is 4.98 Å². The molecule has 1 nitrogen and oxygen atoms in total. The van der Waals surface area contributed by atoms with Crippen molar-refractivity contribution in [2.24, 2.45) is 0 Å². The molecule has 0 N–H and O–H groups in total. The van der Waals surface area contributed by atoms with Crippen LogP contribution in [0.3, 0.4) is 0 Å². The minimum atomic E-state index is 0.507. The minimum Gasteiger partial charge on any atom is -0.241 e. The second kappa shape index (κ2) is 4.48. The van der Waals surface area contributed by atoms with E-state index in [9.17, 15) is 0 Å². The molecular weight excluding hydrogens is 193 g/mol. The van der Waals surface area contributed by atoms with Crippen molar-refractivity contribution < 1.29 is 0 Å². The average Bonchev–Trinajstić information content (AvgIpc) is 2.04. The first-order chi connectivity index (χ1) is 5.72. The largest absolute Gasteiger partial charge is 0.241 e. The standard InChI is InChI=1S/C9H9Cl2N/c1-2-7(10)6-8-4-3-5-9(11)12-8/h2-5H,6H2,1H3. The summed E-state index contributed by atoms with van der Waals surface area (Å²) >= 11 is 11.5. The summed E-state index contributed by atoms with van der Waals surface area (Å²) < 4.78 is 0. The quantitative estimate of drug-likeness (QED) is 0.669. The highest BCUT2D eigenvalue weighted by atomic mass is 35.5. The first-order valence-electron chi connectivity index (χ1n) is 3.64. The molecule has 0 saturated carbocycles. The fraction of sp³-hybridized carbons (Fsp3) is 0.222. The number of rotatable bonds is 2. The van der Waals surface area contributed by atoms with Gasteiger partial charge in [0.2, 0.25) is 0 Å². The SMILES string of the molecule is CC=C(Cl)Cc1cccc(Cl)n1. The third-order valence-electron chi connectivity index (χ3n) is 1.44. The van der Waals surface area contributed by atoms with Gasteiger partial charge in [0.1, 0.15) is 5.15 Å². The molecule has 1 aromatic rings. The molecular formula is C9H9Cl2N. The van der Waals surface area contributed by atoms with Gasteiger partial charge in [-0.3, -0.25) is 0 Å². The monoisotopic (exact) mass is 201 g/mol. The highest BCUT2D eigenvalue weighted by Crippen LogP contribution is 2.11. The molecule has 0 amide bonds. The average molecular weight is 202 g/mol. The lowest BCUT2D eigenvalue weighted by Gasteiger charge is -1.98. The van der Waals surface area contributed by atoms with Crippen molar-refractivity contribution in [3.63, 3.8) is 0 Å². The molecule has 0 radical (unpaired) electrons. The minimum absolute atomic E-state index is 0.507. The van der Waals surface area contributed by atoms with Crippen molar-refractivity contribution in [2.45, 2.75) is 13.3 Å². The van der Waals surface area contributed by atoms with Crippen LogP contribution in [-0.4, -0.2) is 4.98 Å². The number of hydrogen-bond acceptors (Lipinski definition) is 1. The van der Waals surface area contributed by atoms with Gasteiger partial charge < -0.3 is 0 Å². The van der Waals surface area contributed by atoms with Crippen LogP contribution in [0.15, 0.2) is 29.3 Å². The molecule has 3 heteroatoms. The Hall–Kier alpha value is -0.530. The van der Waals surface area contributed by atoms with Gasteiger partial charge >= 0.3 is 0 Å². The second-order valence-electron chi connectivity index (χ2n) is 2.36. The number of allylic oxidation sites excluding steroid dienone is 2. The van der Waals surface area contributed by atoms with E-state index in [1.54, 1.807) is 6.07 Å². The van der Waals surface area contributed by atoms with E-state index >= 15 is 0 Å². The molecule has 0 spiro atoms. The Bertz CT molecular complexity index is 294. The van der Waals surface area contributed by atoms with Crippen molar-refractivity contribution in [1.29, 1.82) is 0 Å². The van der Waals surface area contributed by atoms with Crippen LogP contribution in [-0.2, 0) is 6.42 Å². The molecule has 0 aliphatic carbocycles. The number of nitrogens with zero attached hydrogens (tertiary/aromatic N) is 1. The summed E-state index contributed by atoms with van der Waals surface area (Å²) in [5, 5.41) is 1.29. The third-order valence-corrected chi connectivity index (χ3v) is 2.00. The van der Waals surface area contributed by atoms with Crippen molar-refractivity contribution in [3.8, 4) is 0 Å². The molecule has 64 valence electrons. The molecule has 0 saturated heterocycles. The molecule has 0 unspecified atom stereocenters. The molecule has 12 heavy (non-hydrogen) atoms. The molecule has 1 rings (SSSR count). The Labute approximate surface area is 82.0 Å². The van der Waals surface area contributed by atoms with E-state index < -0.39 is 0 Å². The molecule has 0 atom stereocenters. The zero-order valence-electron chi connectivity index (χ0n) is 6.72. The number of pyridine rings is 1. The molecule has 1 aromatic heterocycles. The Morgan fingerprint density at radius 3 is 2.92 bits per heavy atom. The molecule has 0 fully saturated rings. The van der Waals surface area contributed by atoms with Crippen LogP contribution in [0.5, 0.6) is 0 Å². The van der Waals surface area contributed by atoms with Gasteiger partial charge in [-0.15, -0.1) is 0 Å². The normalized spacial score (nSPS) is 11.8. The van der Waals surface area contributed by atoms with Crippen molar-refractivity contribution >= 4 is 23.2 Å². The summed E-state index contributed by atoms with van der Waals surface area (Å²) in [6.45, 7) is 1.90. The first-order valence-corrected chi connectivity index (χ1v) is 4.40. The Kier molecular flexibility index (Phi) is 3.57. The summed E-state index contributed by atoms with van der Waals surface area (Å²) in [7, 11) is 0. The van der Waals surface area contributed by atoms with Crippen LogP contribution in [0, 0.1) is 0 Å². The molecule has 0 bridgehead atoms. The van der Waals surface area contributed by atoms with E-state index in [0.717, 1.165) is 10.7 Å². The smallest absolute Gasteiger partial charge is 0.129 e. The zero-order chi connectivity index (χ0) is 8.97. The molecule has 0 aromatic carbocycles. The van der Waals surface area contributed by atoms with E-state index in [-0.39, 0.29) is 0 Å². The van der Waals surface area contributed by atoms with Crippen LogP contribution in [0.25, 0.3) is 0 Å². The lowest BCUT2D eigenvalue weighted by molar-refractivity contribution is 1.09. The lowest BCUT2D eigenvalue weighted by Crippen LogP contribution is -1.89. The van der Waals surface area contributed by atoms with Crippen LogP contribution < -0.4 is 0 Å². The molecule has 0 aliphatic heterocycles. The van der Waals surface area contributed by atoms with Gasteiger partial charge in [-0.1, -0.05) is 35.3 Å². The fourth-order valence-electron chi connectivity index (χ4n) is 0.824. The molecule has 0 aliphatic rings. The first kappa shape index (κ1) is 9.56. The highest BCUT2D eigenvalue weighted by molar-refractivity contribution is 6.30. The van der Waals surface area contributed by atoms with Gasteiger partial charge in [0.25, 0.3) is 0 Å². The van der Waals surface area contributed by atoms with Gasteiger partial charge in [-0.2, -0.15) is 0 Å². The Morgan fingerprint density at radius 1 is 1.58 bits per heavy atom. The highest BCUT2D eigenvalue weighted by Gasteiger charge is 1.97. The van der Waals surface area contributed by atoms with Crippen molar-refractivity contribution in [2.75, 3.05) is 0 Å². The lowest BCUT2D eigenvalue weighted by atomic mass is 10.2. The van der Waals surface area contributed by atoms with Crippen LogP contribution >= 0.6 is 23.2 Å². The predicted octanol–water partition coefficient (Wildman–Crippen LogP) is 3.42. The van der Waals surface area contributed by atoms with Gasteiger partial charge in [-0.05, 0) is 19.1 Å². The summed E-state index contributed by atoms with van der Waals surface area (Å²) in [4.78, 5) is 4.10. The van der Waals surface area contributed by atoms with Crippen LogP contribution in [0.2, 0.25) is 5.15 Å². The Balaban J connectivity index is 2.76. The van der Waals surface area contributed by atoms with Gasteiger partial charge in [0.05, 0.1) is 0 Å². The fourth-order valence-corrected chi connectivity index (χ4v) is 1.14. The summed E-state index contributed by atoms with van der Waals surface area (Å²) in [6, 6.07) is 5.51. The van der Waals surface area contributed by atoms with E-state index in [0.29, 0.717) is 11.6 Å². The van der Waals surface area contributed by atoms with E-state index in [2.05, 4.69) is 4.98 Å². The summed E-state index contributed by atoms with van der Waals surface area (Å²) in [6.07, 6.45) is 2.50. The maximum absolute atomic E-state index is 5.83. The van der Waals surface area contributed by atoms with Crippen molar-refractivity contribution in [1.82, 2.24) is 4.98 Å². The van der Waals surface area contributed by atoms with Gasteiger partial charge in [0.15, 0.2) is 0 Å². The predicted molar refractivity (Wildman–Crippen MR) is 52.6 cm³/mol. The third kappa shape index (κ3) is 2.84. The second-order valence-corrected chi connectivity index (χ2v) is 3.24. The van der Waals surface area contributed by atoms with E-state index in [1.165, 1.54) is 0 Å². The number of hydrogen-bond donors (Lipinski definition) is 0. The van der Waals surface area contributed by atoms with E-state index in [4.69, 9.17) is 23.2 Å². The maximum atomic E-state index is 5.83. The zero-order valence-corrected chi connectivity index (χ0v) is 8.23. The topological polar surface area (TPSA) is 12.9 Å². The molecule has 1 heterocycles. The number of aromatic nitrogens is 1. The summed E-state index contributed by atoms with van der Waals surface area (Å²) in [5.74, 6) is 0. The number of halogens is 2. The van der Waals surface area contributed by atoms with Gasteiger partial charge in [0, 0.05) is 17.1 Å². The summed E-state index contributed by atoms with van der Waals surface area (Å²) in [5.41, 5.74) is 0.894.